The molecule has 0 saturated carbocycles. The first-order valence-corrected chi connectivity index (χ1v) is 7.59. The molecule has 0 saturated heterocycles. The van der Waals surface area contributed by atoms with E-state index in [2.05, 4.69) is 5.32 Å². The zero-order valence-electron chi connectivity index (χ0n) is 12.0. The molecule has 21 heavy (non-hydrogen) atoms. The molecule has 1 aromatic carbocycles. The predicted octanol–water partition coefficient (Wildman–Crippen LogP) is 4.20. The van der Waals surface area contributed by atoms with Gasteiger partial charge in [-0.1, -0.05) is 26.0 Å². The number of alkyl halides is 3. The van der Waals surface area contributed by atoms with Crippen LogP contribution < -0.4 is 10.1 Å². The Balaban J connectivity index is 2.55. The van der Waals surface area contributed by atoms with E-state index in [-0.39, 0.29) is 29.9 Å². The van der Waals surface area contributed by atoms with E-state index in [9.17, 15) is 17.6 Å². The summed E-state index contributed by atoms with van der Waals surface area (Å²) in [6.07, 6.45) is 0. The van der Waals surface area contributed by atoms with Crippen LogP contribution in [0.1, 0.15) is 19.4 Å². The van der Waals surface area contributed by atoms with Gasteiger partial charge >= 0.3 is 5.51 Å². The number of nitrogens with one attached hydrogen (secondary N) is 1. The molecular formula is C14H19F4NOS. The van der Waals surface area contributed by atoms with Crippen molar-refractivity contribution in [2.24, 2.45) is 5.92 Å². The van der Waals surface area contributed by atoms with Gasteiger partial charge < -0.3 is 10.1 Å². The topological polar surface area (TPSA) is 21.3 Å². The Hall–Kier alpha value is -0.950. The van der Waals surface area contributed by atoms with Crippen LogP contribution in [0.3, 0.4) is 0 Å². The van der Waals surface area contributed by atoms with E-state index in [1.54, 1.807) is 12.1 Å². The molecule has 0 aliphatic carbocycles. The average molecular weight is 325 g/mol. The van der Waals surface area contributed by atoms with Crippen molar-refractivity contribution in [3.05, 3.63) is 29.6 Å². The lowest BCUT2D eigenvalue weighted by Crippen LogP contribution is -2.20. The Morgan fingerprint density at radius 1 is 1.29 bits per heavy atom. The predicted molar refractivity (Wildman–Crippen MR) is 77.0 cm³/mol. The Labute approximate surface area is 126 Å². The first-order chi connectivity index (χ1) is 9.79. The normalized spacial score (nSPS) is 12.0. The van der Waals surface area contributed by atoms with Crippen LogP contribution >= 0.6 is 11.8 Å². The summed E-state index contributed by atoms with van der Waals surface area (Å²) < 4.78 is 54.9. The van der Waals surface area contributed by atoms with E-state index in [0.29, 0.717) is 18.0 Å². The minimum absolute atomic E-state index is 0.0246. The monoisotopic (exact) mass is 325 g/mol. The van der Waals surface area contributed by atoms with Crippen molar-refractivity contribution in [1.82, 2.24) is 5.32 Å². The van der Waals surface area contributed by atoms with Gasteiger partial charge in [0.15, 0.2) is 11.6 Å². The molecule has 0 bridgehead atoms. The quantitative estimate of drug-likeness (QED) is 0.572. The molecule has 7 heteroatoms. The molecule has 0 unspecified atom stereocenters. The molecule has 1 rings (SSSR count). The summed E-state index contributed by atoms with van der Waals surface area (Å²) in [5.74, 6) is -0.352. The highest BCUT2D eigenvalue weighted by Crippen LogP contribution is 2.30. The molecular weight excluding hydrogens is 306 g/mol. The van der Waals surface area contributed by atoms with Gasteiger partial charge in [0.2, 0.25) is 0 Å². The fourth-order valence-electron chi connectivity index (χ4n) is 1.65. The number of benzene rings is 1. The number of hydrogen-bond acceptors (Lipinski definition) is 3. The van der Waals surface area contributed by atoms with Gasteiger partial charge in [-0.2, -0.15) is 13.2 Å². The molecule has 120 valence electrons. The number of hydrogen-bond donors (Lipinski definition) is 1. The molecule has 0 fully saturated rings. The van der Waals surface area contributed by atoms with Crippen LogP contribution in [-0.2, 0) is 6.54 Å². The van der Waals surface area contributed by atoms with Gasteiger partial charge in [0, 0.05) is 17.9 Å². The van der Waals surface area contributed by atoms with Crippen molar-refractivity contribution in [1.29, 1.82) is 0 Å². The molecule has 0 atom stereocenters. The maximum absolute atomic E-state index is 13.7. The number of rotatable bonds is 8. The summed E-state index contributed by atoms with van der Waals surface area (Å²) in [6, 6.07) is 4.49. The second-order valence-corrected chi connectivity index (χ2v) is 6.06. The molecule has 1 aromatic rings. The number of ether oxygens (including phenoxy) is 1. The van der Waals surface area contributed by atoms with Crippen LogP contribution in [0.5, 0.6) is 5.75 Å². The third-order valence-corrected chi connectivity index (χ3v) is 3.21. The second kappa shape index (κ2) is 8.48. The zero-order valence-corrected chi connectivity index (χ0v) is 12.8. The number of thioether (sulfide) groups is 1. The molecule has 0 aromatic heterocycles. The number of halogens is 4. The summed E-state index contributed by atoms with van der Waals surface area (Å²) in [7, 11) is 0. The van der Waals surface area contributed by atoms with Crippen LogP contribution in [0.25, 0.3) is 0 Å². The van der Waals surface area contributed by atoms with E-state index >= 15 is 0 Å². The second-order valence-electron chi connectivity index (χ2n) is 4.90. The van der Waals surface area contributed by atoms with Gasteiger partial charge in [-0.15, -0.1) is 0 Å². The fraction of sp³-hybridized carbons (Fsp3) is 0.571. The van der Waals surface area contributed by atoms with E-state index in [1.807, 2.05) is 13.8 Å². The minimum Gasteiger partial charge on any atom is -0.489 e. The van der Waals surface area contributed by atoms with Gasteiger partial charge in [0.1, 0.15) is 0 Å². The third-order valence-electron chi connectivity index (χ3n) is 2.51. The summed E-state index contributed by atoms with van der Waals surface area (Å²) in [5, 5.41) is 3.15. The van der Waals surface area contributed by atoms with Crippen LogP contribution in [-0.4, -0.2) is 24.4 Å². The number of para-hydroxylation sites is 1. The van der Waals surface area contributed by atoms with Gasteiger partial charge in [0.05, 0.1) is 6.61 Å². The van der Waals surface area contributed by atoms with Gasteiger partial charge in [-0.05, 0) is 30.3 Å². The van der Waals surface area contributed by atoms with E-state index in [4.69, 9.17) is 4.74 Å². The van der Waals surface area contributed by atoms with Crippen LogP contribution in [0.15, 0.2) is 18.2 Å². The largest absolute Gasteiger partial charge is 0.489 e. The molecule has 0 spiro atoms. The standard InChI is InChI=1S/C14H19F4NOS/c1-10(2)8-19-9-11-4-3-5-12(15)13(11)20-6-7-21-14(16,17)18/h3-5,10,19H,6-9H2,1-2H3. The lowest BCUT2D eigenvalue weighted by Gasteiger charge is -2.14. The highest BCUT2D eigenvalue weighted by atomic mass is 32.2. The highest BCUT2D eigenvalue weighted by molar-refractivity contribution is 8.00. The minimum atomic E-state index is -4.29. The van der Waals surface area contributed by atoms with Crippen molar-refractivity contribution in [2.75, 3.05) is 18.9 Å². The van der Waals surface area contributed by atoms with Crippen molar-refractivity contribution >= 4 is 11.8 Å². The average Bonchev–Trinajstić information content (AvgIpc) is 2.35. The molecule has 0 aliphatic rings. The lowest BCUT2D eigenvalue weighted by atomic mass is 10.1. The first-order valence-electron chi connectivity index (χ1n) is 6.61. The summed E-state index contributed by atoms with van der Waals surface area (Å²) in [4.78, 5) is 0. The van der Waals surface area contributed by atoms with Crippen molar-refractivity contribution in [3.63, 3.8) is 0 Å². The SMILES string of the molecule is CC(C)CNCc1cccc(F)c1OCCSC(F)(F)F. The third kappa shape index (κ3) is 7.57. The summed E-state index contributed by atoms with van der Waals surface area (Å²) >= 11 is -0.177. The fourth-order valence-corrected chi connectivity index (χ4v) is 2.05. The van der Waals surface area contributed by atoms with E-state index < -0.39 is 11.3 Å². The maximum Gasteiger partial charge on any atom is 0.441 e. The Kier molecular flexibility index (Phi) is 7.31. The van der Waals surface area contributed by atoms with Gasteiger partial charge in [-0.3, -0.25) is 0 Å². The maximum atomic E-state index is 13.7. The highest BCUT2D eigenvalue weighted by Gasteiger charge is 2.27. The summed E-state index contributed by atoms with van der Waals surface area (Å²) in [6.45, 7) is 5.08. The molecule has 0 aliphatic heterocycles. The zero-order chi connectivity index (χ0) is 15.9. The van der Waals surface area contributed by atoms with Crippen molar-refractivity contribution < 1.29 is 22.3 Å². The van der Waals surface area contributed by atoms with Crippen LogP contribution in [0.4, 0.5) is 17.6 Å². The van der Waals surface area contributed by atoms with Gasteiger partial charge in [0.25, 0.3) is 0 Å². The molecule has 0 radical (unpaired) electrons. The van der Waals surface area contributed by atoms with Crippen LogP contribution in [0, 0.1) is 11.7 Å². The Morgan fingerprint density at radius 2 is 2.00 bits per heavy atom. The lowest BCUT2D eigenvalue weighted by molar-refractivity contribution is -0.0329. The van der Waals surface area contributed by atoms with Crippen LogP contribution in [0.2, 0.25) is 0 Å². The van der Waals surface area contributed by atoms with Crippen molar-refractivity contribution in [2.45, 2.75) is 25.9 Å². The summed E-state index contributed by atoms with van der Waals surface area (Å²) in [5.41, 5.74) is -3.69. The molecule has 0 amide bonds. The van der Waals surface area contributed by atoms with E-state index in [1.165, 1.54) is 6.07 Å². The van der Waals surface area contributed by atoms with E-state index in [0.717, 1.165) is 6.54 Å². The van der Waals surface area contributed by atoms with Gasteiger partial charge in [-0.25, -0.2) is 4.39 Å². The molecule has 0 heterocycles. The van der Waals surface area contributed by atoms with Crippen molar-refractivity contribution in [3.8, 4) is 5.75 Å². The molecule has 1 N–H and O–H groups in total. The Bertz CT molecular complexity index is 437. The molecule has 2 nitrogen and oxygen atoms in total. The first kappa shape index (κ1) is 18.1. The smallest absolute Gasteiger partial charge is 0.441 e. The Morgan fingerprint density at radius 3 is 2.62 bits per heavy atom.